The van der Waals surface area contributed by atoms with Crippen molar-refractivity contribution in [1.82, 2.24) is 4.98 Å². The minimum atomic E-state index is -0.0353. The van der Waals surface area contributed by atoms with Gasteiger partial charge in [-0.1, -0.05) is 24.3 Å². The number of hydrogen-bond acceptors (Lipinski definition) is 3. The number of carbonyl (C=O) groups excluding carboxylic acids is 1. The van der Waals surface area contributed by atoms with Crippen LogP contribution in [0.25, 0.3) is 0 Å². The first-order chi connectivity index (χ1) is 7.81. The molecule has 0 atom stereocenters. The normalized spacial score (nSPS) is 10.1. The number of aliphatic hydroxyl groups excluding tert-OH is 1. The third kappa shape index (κ3) is 2.15. The van der Waals surface area contributed by atoms with Gasteiger partial charge in [0.15, 0.2) is 5.78 Å². The van der Waals surface area contributed by atoms with E-state index < -0.39 is 0 Å². The molecule has 0 amide bonds. The Morgan fingerprint density at radius 1 is 1.00 bits per heavy atom. The van der Waals surface area contributed by atoms with Gasteiger partial charge in [-0.25, -0.2) is 0 Å². The van der Waals surface area contributed by atoms with Crippen LogP contribution < -0.4 is 0 Å². The fraction of sp³-hybridized carbons (Fsp3) is 0.0769. The Labute approximate surface area is 93.4 Å². The fourth-order valence-electron chi connectivity index (χ4n) is 1.43. The van der Waals surface area contributed by atoms with Crippen molar-refractivity contribution >= 4 is 5.78 Å². The summed E-state index contributed by atoms with van der Waals surface area (Å²) in [6.07, 6.45) is 3.19. The van der Waals surface area contributed by atoms with Gasteiger partial charge in [-0.15, -0.1) is 0 Å². The van der Waals surface area contributed by atoms with E-state index >= 15 is 0 Å². The molecule has 1 aromatic carbocycles. The molecule has 80 valence electrons. The van der Waals surface area contributed by atoms with Crippen LogP contribution in [-0.4, -0.2) is 15.9 Å². The molecule has 1 aromatic heterocycles. The summed E-state index contributed by atoms with van der Waals surface area (Å²) in [6.45, 7) is -0.0102. The summed E-state index contributed by atoms with van der Waals surface area (Å²) in [5.74, 6) is -0.0353. The van der Waals surface area contributed by atoms with Gasteiger partial charge in [-0.3, -0.25) is 9.78 Å². The lowest BCUT2D eigenvalue weighted by molar-refractivity contribution is 0.103. The van der Waals surface area contributed by atoms with Crippen LogP contribution in [0.2, 0.25) is 0 Å². The summed E-state index contributed by atoms with van der Waals surface area (Å²) >= 11 is 0. The molecule has 3 heteroatoms. The van der Waals surface area contributed by atoms with E-state index in [9.17, 15) is 4.79 Å². The van der Waals surface area contributed by atoms with Crippen molar-refractivity contribution in [3.05, 3.63) is 65.5 Å². The zero-order valence-corrected chi connectivity index (χ0v) is 8.63. The van der Waals surface area contributed by atoms with Gasteiger partial charge in [0, 0.05) is 23.5 Å². The molecule has 0 aliphatic rings. The van der Waals surface area contributed by atoms with E-state index in [0.717, 1.165) is 5.56 Å². The van der Waals surface area contributed by atoms with Gasteiger partial charge in [0.2, 0.25) is 0 Å². The summed E-state index contributed by atoms with van der Waals surface area (Å²) in [5, 5.41) is 8.89. The van der Waals surface area contributed by atoms with Crippen molar-refractivity contribution in [2.75, 3.05) is 0 Å². The molecule has 0 saturated carbocycles. The second-order valence-electron chi connectivity index (χ2n) is 3.42. The molecule has 0 aliphatic carbocycles. The molecular weight excluding hydrogens is 202 g/mol. The molecule has 0 spiro atoms. The molecular formula is C13H11NO2. The van der Waals surface area contributed by atoms with Crippen LogP contribution in [0.15, 0.2) is 48.8 Å². The molecule has 0 radical (unpaired) electrons. The van der Waals surface area contributed by atoms with Crippen LogP contribution in [-0.2, 0) is 6.61 Å². The Kier molecular flexibility index (Phi) is 3.08. The van der Waals surface area contributed by atoms with Crippen molar-refractivity contribution in [1.29, 1.82) is 0 Å². The Morgan fingerprint density at radius 2 is 1.56 bits per heavy atom. The van der Waals surface area contributed by atoms with Crippen molar-refractivity contribution in [3.8, 4) is 0 Å². The Morgan fingerprint density at radius 3 is 2.12 bits per heavy atom. The highest BCUT2D eigenvalue weighted by Crippen LogP contribution is 2.10. The monoisotopic (exact) mass is 213 g/mol. The summed E-state index contributed by atoms with van der Waals surface area (Å²) in [7, 11) is 0. The van der Waals surface area contributed by atoms with Gasteiger partial charge < -0.3 is 5.11 Å². The molecule has 0 saturated heterocycles. The predicted molar refractivity (Wildman–Crippen MR) is 60.0 cm³/mol. The Bertz CT molecular complexity index is 477. The van der Waals surface area contributed by atoms with Gasteiger partial charge >= 0.3 is 0 Å². The number of hydrogen-bond donors (Lipinski definition) is 1. The van der Waals surface area contributed by atoms with Crippen LogP contribution in [0.4, 0.5) is 0 Å². The van der Waals surface area contributed by atoms with Crippen molar-refractivity contribution in [2.45, 2.75) is 6.61 Å². The number of nitrogens with zero attached hydrogens (tertiary/aromatic N) is 1. The van der Waals surface area contributed by atoms with Crippen molar-refractivity contribution in [3.63, 3.8) is 0 Å². The van der Waals surface area contributed by atoms with Gasteiger partial charge in [0.05, 0.1) is 6.61 Å². The van der Waals surface area contributed by atoms with E-state index in [-0.39, 0.29) is 12.4 Å². The highest BCUT2D eigenvalue weighted by molar-refractivity contribution is 6.08. The van der Waals surface area contributed by atoms with Crippen molar-refractivity contribution in [2.24, 2.45) is 0 Å². The number of carbonyl (C=O) groups is 1. The smallest absolute Gasteiger partial charge is 0.193 e. The first-order valence-electron chi connectivity index (χ1n) is 4.96. The SMILES string of the molecule is O=C(c1ccncc1)c1ccc(CO)cc1. The van der Waals surface area contributed by atoms with Crippen LogP contribution in [0.1, 0.15) is 21.5 Å². The maximum Gasteiger partial charge on any atom is 0.193 e. The lowest BCUT2D eigenvalue weighted by Crippen LogP contribution is -2.01. The number of rotatable bonds is 3. The molecule has 0 unspecified atom stereocenters. The fourth-order valence-corrected chi connectivity index (χ4v) is 1.43. The van der Waals surface area contributed by atoms with E-state index in [4.69, 9.17) is 5.11 Å². The molecule has 1 N–H and O–H groups in total. The van der Waals surface area contributed by atoms with Crippen LogP contribution in [0.3, 0.4) is 0 Å². The zero-order chi connectivity index (χ0) is 11.4. The quantitative estimate of drug-likeness (QED) is 0.791. The highest BCUT2D eigenvalue weighted by Gasteiger charge is 2.07. The van der Waals surface area contributed by atoms with E-state index in [1.165, 1.54) is 0 Å². The van der Waals surface area contributed by atoms with Gasteiger partial charge in [-0.05, 0) is 17.7 Å². The standard InChI is InChI=1S/C13H11NO2/c15-9-10-1-3-11(4-2-10)13(16)12-5-7-14-8-6-12/h1-8,15H,9H2. The average Bonchev–Trinajstić information content (AvgIpc) is 2.39. The number of benzene rings is 1. The summed E-state index contributed by atoms with van der Waals surface area (Å²) < 4.78 is 0. The highest BCUT2D eigenvalue weighted by atomic mass is 16.3. The van der Waals surface area contributed by atoms with Crippen LogP contribution in [0, 0.1) is 0 Å². The molecule has 3 nitrogen and oxygen atoms in total. The van der Waals surface area contributed by atoms with Gasteiger partial charge in [0.1, 0.15) is 0 Å². The molecule has 16 heavy (non-hydrogen) atoms. The number of aromatic nitrogens is 1. The summed E-state index contributed by atoms with van der Waals surface area (Å²) in [6, 6.07) is 10.3. The van der Waals surface area contributed by atoms with E-state index in [1.807, 2.05) is 0 Å². The number of pyridine rings is 1. The maximum atomic E-state index is 12.0. The Balaban J connectivity index is 2.28. The average molecular weight is 213 g/mol. The molecule has 2 aromatic rings. The number of ketones is 1. The van der Waals surface area contributed by atoms with Crippen molar-refractivity contribution < 1.29 is 9.90 Å². The first kappa shape index (κ1) is 10.5. The van der Waals surface area contributed by atoms with E-state index in [1.54, 1.807) is 48.8 Å². The molecule has 0 aliphatic heterocycles. The molecule has 1 heterocycles. The third-order valence-corrected chi connectivity index (χ3v) is 2.34. The van der Waals surface area contributed by atoms with E-state index in [0.29, 0.717) is 11.1 Å². The van der Waals surface area contributed by atoms with Gasteiger partial charge in [0.25, 0.3) is 0 Å². The number of aliphatic hydroxyl groups is 1. The van der Waals surface area contributed by atoms with Gasteiger partial charge in [-0.2, -0.15) is 0 Å². The lowest BCUT2D eigenvalue weighted by Gasteiger charge is -2.01. The van der Waals surface area contributed by atoms with Crippen LogP contribution >= 0.6 is 0 Å². The second-order valence-corrected chi connectivity index (χ2v) is 3.42. The molecule has 2 rings (SSSR count). The van der Waals surface area contributed by atoms with E-state index in [2.05, 4.69) is 4.98 Å². The summed E-state index contributed by atoms with van der Waals surface area (Å²) in [5.41, 5.74) is 2.03. The maximum absolute atomic E-state index is 12.0. The topological polar surface area (TPSA) is 50.2 Å². The third-order valence-electron chi connectivity index (χ3n) is 2.34. The second kappa shape index (κ2) is 4.68. The largest absolute Gasteiger partial charge is 0.392 e. The minimum Gasteiger partial charge on any atom is -0.392 e. The summed E-state index contributed by atoms with van der Waals surface area (Å²) in [4.78, 5) is 15.8. The first-order valence-corrected chi connectivity index (χ1v) is 4.96. The predicted octanol–water partition coefficient (Wildman–Crippen LogP) is 1.80. The molecule has 0 fully saturated rings. The molecule has 0 bridgehead atoms. The zero-order valence-electron chi connectivity index (χ0n) is 8.63. The van der Waals surface area contributed by atoms with Crippen LogP contribution in [0.5, 0.6) is 0 Å². The lowest BCUT2D eigenvalue weighted by atomic mass is 10.0. The minimum absolute atomic E-state index is 0.0102. The Hall–Kier alpha value is -2.00.